The van der Waals surface area contributed by atoms with Gasteiger partial charge < -0.3 is 10.6 Å². The number of nitrogens with one attached hydrogen (secondary N) is 2. The summed E-state index contributed by atoms with van der Waals surface area (Å²) in [4.78, 5) is 17.1. The standard InChI is InChI=1S/C17H14FN7O/c1-10-14(16(26)21-13-4-2-3-9-19-13)15(11-5-7-12(18)8-6-11)25-17(20-10)22-23-24-25/h2-9,14-15H,1H2,(H,19,21,26)(H,20,22,24). The van der Waals surface area contributed by atoms with Crippen LogP contribution in [0.3, 0.4) is 0 Å². The molecule has 1 amide bonds. The number of nitrogens with zero attached hydrogens (tertiary/aromatic N) is 5. The fourth-order valence-corrected chi connectivity index (χ4v) is 2.95. The second kappa shape index (κ2) is 6.36. The van der Waals surface area contributed by atoms with E-state index in [1.54, 1.807) is 36.5 Å². The Kier molecular flexibility index (Phi) is 3.88. The van der Waals surface area contributed by atoms with Crippen molar-refractivity contribution in [2.75, 3.05) is 10.6 Å². The number of carbonyl (C=O) groups excluding carboxylic acids is 1. The second-order valence-electron chi connectivity index (χ2n) is 5.78. The van der Waals surface area contributed by atoms with Crippen molar-refractivity contribution in [3.05, 3.63) is 72.3 Å². The molecule has 0 aliphatic carbocycles. The Morgan fingerprint density at radius 1 is 1.23 bits per heavy atom. The molecular weight excluding hydrogens is 337 g/mol. The Labute approximate surface area is 147 Å². The largest absolute Gasteiger partial charge is 0.326 e. The van der Waals surface area contributed by atoms with E-state index in [-0.39, 0.29) is 11.7 Å². The van der Waals surface area contributed by atoms with Crippen LogP contribution in [0.4, 0.5) is 16.2 Å². The predicted molar refractivity (Wildman–Crippen MR) is 91.5 cm³/mol. The van der Waals surface area contributed by atoms with E-state index in [4.69, 9.17) is 0 Å². The summed E-state index contributed by atoms with van der Waals surface area (Å²) < 4.78 is 14.8. The van der Waals surface area contributed by atoms with Crippen molar-refractivity contribution in [3.63, 3.8) is 0 Å². The van der Waals surface area contributed by atoms with Crippen LogP contribution in [0.5, 0.6) is 0 Å². The highest BCUT2D eigenvalue weighted by Crippen LogP contribution is 2.37. The van der Waals surface area contributed by atoms with Gasteiger partial charge >= 0.3 is 0 Å². The van der Waals surface area contributed by atoms with E-state index in [0.717, 1.165) is 0 Å². The van der Waals surface area contributed by atoms with Gasteiger partial charge in [-0.1, -0.05) is 29.9 Å². The van der Waals surface area contributed by atoms with Gasteiger partial charge in [0.25, 0.3) is 0 Å². The van der Waals surface area contributed by atoms with Crippen LogP contribution < -0.4 is 10.6 Å². The molecule has 1 aliphatic heterocycles. The van der Waals surface area contributed by atoms with Crippen molar-refractivity contribution >= 4 is 17.7 Å². The van der Waals surface area contributed by atoms with Crippen LogP contribution in [0.25, 0.3) is 0 Å². The molecule has 2 atom stereocenters. The summed E-state index contributed by atoms with van der Waals surface area (Å²) in [5.74, 6) is -0.625. The molecule has 2 N–H and O–H groups in total. The lowest BCUT2D eigenvalue weighted by molar-refractivity contribution is -0.119. The maximum atomic E-state index is 13.3. The van der Waals surface area contributed by atoms with Gasteiger partial charge in [-0.05, 0) is 40.3 Å². The van der Waals surface area contributed by atoms with Crippen LogP contribution >= 0.6 is 0 Å². The van der Waals surface area contributed by atoms with Crippen molar-refractivity contribution in [3.8, 4) is 0 Å². The molecule has 130 valence electrons. The first-order valence-electron chi connectivity index (χ1n) is 7.84. The molecule has 4 rings (SSSR count). The first-order chi connectivity index (χ1) is 12.6. The molecule has 0 saturated carbocycles. The number of aromatic nitrogens is 5. The van der Waals surface area contributed by atoms with E-state index in [1.807, 2.05) is 0 Å². The normalized spacial score (nSPS) is 18.7. The lowest BCUT2D eigenvalue weighted by Crippen LogP contribution is -2.39. The van der Waals surface area contributed by atoms with Crippen molar-refractivity contribution in [1.29, 1.82) is 0 Å². The number of halogens is 1. The monoisotopic (exact) mass is 351 g/mol. The molecule has 26 heavy (non-hydrogen) atoms. The van der Waals surface area contributed by atoms with Crippen molar-refractivity contribution in [2.45, 2.75) is 6.04 Å². The number of anilines is 2. The molecule has 1 aromatic carbocycles. The zero-order chi connectivity index (χ0) is 18.1. The number of tetrazole rings is 1. The fraction of sp³-hybridized carbons (Fsp3) is 0.118. The summed E-state index contributed by atoms with van der Waals surface area (Å²) in [5.41, 5.74) is 1.12. The first-order valence-corrected chi connectivity index (χ1v) is 7.84. The third-order valence-electron chi connectivity index (χ3n) is 4.13. The molecule has 3 aromatic rings. The van der Waals surface area contributed by atoms with Crippen LogP contribution in [0, 0.1) is 11.7 Å². The summed E-state index contributed by atoms with van der Waals surface area (Å²) in [5, 5.41) is 17.2. The van der Waals surface area contributed by atoms with Gasteiger partial charge in [0, 0.05) is 11.9 Å². The number of rotatable bonds is 3. The van der Waals surface area contributed by atoms with Gasteiger partial charge in [0.1, 0.15) is 17.6 Å². The Morgan fingerprint density at radius 2 is 2.04 bits per heavy atom. The minimum absolute atomic E-state index is 0.323. The zero-order valence-electron chi connectivity index (χ0n) is 13.5. The van der Waals surface area contributed by atoms with Crippen molar-refractivity contribution in [1.82, 2.24) is 25.2 Å². The predicted octanol–water partition coefficient (Wildman–Crippen LogP) is 1.99. The van der Waals surface area contributed by atoms with Crippen molar-refractivity contribution in [2.24, 2.45) is 5.92 Å². The van der Waals surface area contributed by atoms with E-state index in [1.165, 1.54) is 16.8 Å². The van der Waals surface area contributed by atoms with Gasteiger partial charge in [0.2, 0.25) is 11.9 Å². The summed E-state index contributed by atoms with van der Waals surface area (Å²) in [6.45, 7) is 3.95. The van der Waals surface area contributed by atoms with Gasteiger partial charge in [-0.15, -0.1) is 0 Å². The topological polar surface area (TPSA) is 97.6 Å². The molecule has 9 heteroatoms. The smallest absolute Gasteiger partial charge is 0.247 e. The highest BCUT2D eigenvalue weighted by Gasteiger charge is 2.40. The van der Waals surface area contributed by atoms with Crippen LogP contribution in [-0.2, 0) is 4.79 Å². The Morgan fingerprint density at radius 3 is 2.77 bits per heavy atom. The number of amides is 1. The van der Waals surface area contributed by atoms with E-state index in [2.05, 4.69) is 37.7 Å². The van der Waals surface area contributed by atoms with Crippen LogP contribution in [0.2, 0.25) is 0 Å². The van der Waals surface area contributed by atoms with Crippen molar-refractivity contribution < 1.29 is 9.18 Å². The maximum Gasteiger partial charge on any atom is 0.247 e. The Bertz CT molecular complexity index is 955. The van der Waals surface area contributed by atoms with E-state index < -0.39 is 12.0 Å². The molecule has 1 aliphatic rings. The number of fused-ring (bicyclic) bond motifs is 1. The molecule has 2 unspecified atom stereocenters. The lowest BCUT2D eigenvalue weighted by atomic mass is 9.88. The number of hydrogen-bond donors (Lipinski definition) is 2. The molecular formula is C17H14FN7O. The lowest BCUT2D eigenvalue weighted by Gasteiger charge is -2.33. The molecule has 0 saturated heterocycles. The average molecular weight is 351 g/mol. The number of carbonyl (C=O) groups is 1. The van der Waals surface area contributed by atoms with E-state index in [0.29, 0.717) is 23.0 Å². The summed E-state index contributed by atoms with van der Waals surface area (Å²) >= 11 is 0. The van der Waals surface area contributed by atoms with Crippen LogP contribution in [0.1, 0.15) is 11.6 Å². The average Bonchev–Trinajstić information content (AvgIpc) is 3.10. The third kappa shape index (κ3) is 2.79. The molecule has 0 bridgehead atoms. The second-order valence-corrected chi connectivity index (χ2v) is 5.78. The van der Waals surface area contributed by atoms with Crippen LogP contribution in [0.15, 0.2) is 60.9 Å². The summed E-state index contributed by atoms with van der Waals surface area (Å²) in [6.07, 6.45) is 1.58. The molecule has 3 heterocycles. The highest BCUT2D eigenvalue weighted by atomic mass is 19.1. The molecule has 8 nitrogen and oxygen atoms in total. The fourth-order valence-electron chi connectivity index (χ4n) is 2.95. The number of benzene rings is 1. The number of hydrogen-bond acceptors (Lipinski definition) is 6. The first kappa shape index (κ1) is 15.9. The van der Waals surface area contributed by atoms with Gasteiger partial charge in [-0.25, -0.2) is 14.1 Å². The number of pyridine rings is 1. The van der Waals surface area contributed by atoms with Crippen LogP contribution in [-0.4, -0.2) is 31.1 Å². The highest BCUT2D eigenvalue weighted by molar-refractivity contribution is 5.95. The molecule has 2 aromatic heterocycles. The van der Waals surface area contributed by atoms with E-state index >= 15 is 0 Å². The summed E-state index contributed by atoms with van der Waals surface area (Å²) in [6, 6.07) is 10.5. The Balaban J connectivity index is 1.74. The van der Waals surface area contributed by atoms with Gasteiger partial charge in [0.05, 0.1) is 6.04 Å². The SMILES string of the molecule is C=C1Nc2nnnn2C(c2ccc(F)cc2)C1C(=O)Nc1ccccn1. The molecule has 0 spiro atoms. The molecule has 0 fully saturated rings. The quantitative estimate of drug-likeness (QED) is 0.749. The third-order valence-corrected chi connectivity index (χ3v) is 4.13. The van der Waals surface area contributed by atoms with Gasteiger partial charge in [0.15, 0.2) is 0 Å². The minimum atomic E-state index is -0.724. The van der Waals surface area contributed by atoms with Gasteiger partial charge in [-0.2, -0.15) is 0 Å². The summed E-state index contributed by atoms with van der Waals surface area (Å²) in [7, 11) is 0. The van der Waals surface area contributed by atoms with E-state index in [9.17, 15) is 9.18 Å². The molecule has 0 radical (unpaired) electrons. The van der Waals surface area contributed by atoms with Gasteiger partial charge in [-0.3, -0.25) is 4.79 Å². The zero-order valence-corrected chi connectivity index (χ0v) is 13.5. The minimum Gasteiger partial charge on any atom is -0.326 e. The maximum absolute atomic E-state index is 13.3. The Hall–Kier alpha value is -3.62.